The zero-order valence-corrected chi connectivity index (χ0v) is 7.37. The zero-order valence-electron chi connectivity index (χ0n) is 7.37. The molecule has 1 aliphatic heterocycles. The molecule has 0 spiro atoms. The second kappa shape index (κ2) is 3.67. The number of ketones is 1. The summed E-state index contributed by atoms with van der Waals surface area (Å²) in [6.45, 7) is 2.94. The summed E-state index contributed by atoms with van der Waals surface area (Å²) in [5, 5.41) is 0. The van der Waals surface area contributed by atoms with Crippen molar-refractivity contribution in [3.8, 4) is 0 Å². The smallest absolute Gasteiger partial charge is 0.317 e. The van der Waals surface area contributed by atoms with Crippen molar-refractivity contribution in [2.75, 3.05) is 26.7 Å². The fraction of sp³-hybridized carbons (Fsp3) is 0.750. The van der Waals surface area contributed by atoms with Crippen LogP contribution in [0.5, 0.6) is 0 Å². The Morgan fingerprint density at radius 1 is 1.75 bits per heavy atom. The van der Waals surface area contributed by atoms with Crippen molar-refractivity contribution >= 4 is 11.8 Å². The molecule has 0 aromatic carbocycles. The summed E-state index contributed by atoms with van der Waals surface area (Å²) in [6, 6.07) is 0. The first kappa shape index (κ1) is 9.19. The van der Waals surface area contributed by atoms with E-state index in [0.29, 0.717) is 19.7 Å². The highest BCUT2D eigenvalue weighted by Crippen LogP contribution is 2.11. The molecule has 0 saturated carbocycles. The van der Waals surface area contributed by atoms with Crippen LogP contribution in [0.4, 0.5) is 0 Å². The summed E-state index contributed by atoms with van der Waals surface area (Å²) in [7, 11) is 1.82. The second-order valence-electron chi connectivity index (χ2n) is 2.97. The van der Waals surface area contributed by atoms with Gasteiger partial charge in [0, 0.05) is 6.54 Å². The Kier molecular flexibility index (Phi) is 2.81. The van der Waals surface area contributed by atoms with E-state index in [1.54, 1.807) is 6.92 Å². The van der Waals surface area contributed by atoms with Crippen LogP contribution in [0, 0.1) is 5.92 Å². The van der Waals surface area contributed by atoms with Gasteiger partial charge in [0.15, 0.2) is 5.78 Å². The number of nitrogens with zero attached hydrogens (tertiary/aromatic N) is 1. The van der Waals surface area contributed by atoms with Crippen LogP contribution in [-0.2, 0) is 14.3 Å². The minimum atomic E-state index is -0.546. The molecule has 4 heteroatoms. The van der Waals surface area contributed by atoms with Crippen LogP contribution >= 0.6 is 0 Å². The number of rotatable bonds is 2. The molecule has 1 atom stereocenters. The third kappa shape index (κ3) is 1.82. The van der Waals surface area contributed by atoms with E-state index < -0.39 is 5.92 Å². The van der Waals surface area contributed by atoms with Crippen molar-refractivity contribution < 1.29 is 14.3 Å². The Balaban J connectivity index is 2.52. The minimum Gasteiger partial charge on any atom is -0.465 e. The summed E-state index contributed by atoms with van der Waals surface area (Å²) in [4.78, 5) is 24.1. The molecule has 1 fully saturated rings. The molecule has 0 bridgehead atoms. The summed E-state index contributed by atoms with van der Waals surface area (Å²) in [5.74, 6) is -0.960. The van der Waals surface area contributed by atoms with Crippen LogP contribution in [0.2, 0.25) is 0 Å². The number of likely N-dealkylation sites (N-methyl/N-ethyl adjacent to an activating group) is 1. The molecule has 4 nitrogen and oxygen atoms in total. The predicted octanol–water partition coefficient (Wildman–Crippen LogP) is -0.320. The Morgan fingerprint density at radius 2 is 2.42 bits per heavy atom. The van der Waals surface area contributed by atoms with Gasteiger partial charge < -0.3 is 4.74 Å². The second-order valence-corrected chi connectivity index (χ2v) is 2.97. The van der Waals surface area contributed by atoms with Gasteiger partial charge in [0.1, 0.15) is 5.92 Å². The number of carbonyl (C=O) groups excluding carboxylic acids is 2. The summed E-state index contributed by atoms with van der Waals surface area (Å²) < 4.78 is 4.76. The Labute approximate surface area is 71.5 Å². The van der Waals surface area contributed by atoms with E-state index in [0.717, 1.165) is 0 Å². The van der Waals surface area contributed by atoms with Gasteiger partial charge in [-0.3, -0.25) is 14.5 Å². The Morgan fingerprint density at radius 3 is 2.83 bits per heavy atom. The van der Waals surface area contributed by atoms with E-state index >= 15 is 0 Å². The highest BCUT2D eigenvalue weighted by Gasteiger charge is 2.35. The van der Waals surface area contributed by atoms with Gasteiger partial charge >= 0.3 is 5.97 Å². The first-order valence-corrected chi connectivity index (χ1v) is 4.03. The summed E-state index contributed by atoms with van der Waals surface area (Å²) in [6.07, 6.45) is 0. The van der Waals surface area contributed by atoms with Gasteiger partial charge in [0.05, 0.1) is 13.2 Å². The molecule has 1 saturated heterocycles. The number of carbonyl (C=O) groups is 2. The van der Waals surface area contributed by atoms with Crippen molar-refractivity contribution in [1.29, 1.82) is 0 Å². The highest BCUT2D eigenvalue weighted by atomic mass is 16.5. The molecule has 0 aliphatic carbocycles. The van der Waals surface area contributed by atoms with Crippen LogP contribution in [0.1, 0.15) is 6.92 Å². The maximum absolute atomic E-state index is 11.2. The first-order chi connectivity index (χ1) is 5.65. The van der Waals surface area contributed by atoms with E-state index in [2.05, 4.69) is 0 Å². The maximum atomic E-state index is 11.2. The molecule has 12 heavy (non-hydrogen) atoms. The number of Topliss-reactive ketones (excluding diaryl/α,β-unsaturated/α-hetero) is 1. The van der Waals surface area contributed by atoms with Crippen molar-refractivity contribution in [3.63, 3.8) is 0 Å². The lowest BCUT2D eigenvalue weighted by Gasteiger charge is -2.07. The molecule has 0 radical (unpaired) electrons. The zero-order chi connectivity index (χ0) is 9.14. The summed E-state index contributed by atoms with van der Waals surface area (Å²) >= 11 is 0. The standard InChI is InChI=1S/C8H13NO3/c1-3-12-8(11)6-4-9(2)5-7(6)10/h6H,3-5H2,1-2H3. The fourth-order valence-electron chi connectivity index (χ4n) is 1.30. The van der Waals surface area contributed by atoms with Gasteiger partial charge in [0.25, 0.3) is 0 Å². The van der Waals surface area contributed by atoms with Crippen LogP contribution < -0.4 is 0 Å². The lowest BCUT2D eigenvalue weighted by atomic mass is 10.1. The normalized spacial score (nSPS) is 24.5. The third-order valence-corrected chi connectivity index (χ3v) is 1.88. The Hall–Kier alpha value is -0.900. The molecule has 1 unspecified atom stereocenters. The minimum absolute atomic E-state index is 0.0315. The monoisotopic (exact) mass is 171 g/mol. The number of esters is 1. The van der Waals surface area contributed by atoms with Crippen molar-refractivity contribution in [2.45, 2.75) is 6.92 Å². The van der Waals surface area contributed by atoms with Crippen molar-refractivity contribution in [3.05, 3.63) is 0 Å². The van der Waals surface area contributed by atoms with Crippen LogP contribution in [0.3, 0.4) is 0 Å². The van der Waals surface area contributed by atoms with Crippen LogP contribution in [0.15, 0.2) is 0 Å². The maximum Gasteiger partial charge on any atom is 0.317 e. The summed E-state index contributed by atoms with van der Waals surface area (Å²) in [5.41, 5.74) is 0. The lowest BCUT2D eigenvalue weighted by molar-refractivity contribution is -0.149. The molecule has 1 aliphatic rings. The molecule has 0 aromatic heterocycles. The number of likely N-dealkylation sites (tertiary alicyclic amines) is 1. The number of hydrogen-bond donors (Lipinski definition) is 0. The van der Waals surface area contributed by atoms with E-state index in [1.165, 1.54) is 0 Å². The molecule has 0 amide bonds. The largest absolute Gasteiger partial charge is 0.465 e. The quantitative estimate of drug-likeness (QED) is 0.422. The molecule has 1 heterocycles. The van der Waals surface area contributed by atoms with Crippen molar-refractivity contribution in [1.82, 2.24) is 4.90 Å². The SMILES string of the molecule is CCOC(=O)C1CN(C)CC1=O. The van der Waals surface area contributed by atoms with Gasteiger partial charge in [0.2, 0.25) is 0 Å². The van der Waals surface area contributed by atoms with Gasteiger partial charge in [-0.1, -0.05) is 0 Å². The highest BCUT2D eigenvalue weighted by molar-refractivity contribution is 6.01. The Bertz CT molecular complexity index is 202. The van der Waals surface area contributed by atoms with E-state index in [1.807, 2.05) is 11.9 Å². The molecule has 0 aromatic rings. The van der Waals surface area contributed by atoms with E-state index in [4.69, 9.17) is 4.74 Å². The van der Waals surface area contributed by atoms with Gasteiger partial charge in [-0.15, -0.1) is 0 Å². The third-order valence-electron chi connectivity index (χ3n) is 1.88. The van der Waals surface area contributed by atoms with Crippen LogP contribution in [-0.4, -0.2) is 43.4 Å². The van der Waals surface area contributed by atoms with Gasteiger partial charge in [-0.25, -0.2) is 0 Å². The average Bonchev–Trinajstić information content (AvgIpc) is 2.30. The molecular weight excluding hydrogens is 158 g/mol. The first-order valence-electron chi connectivity index (χ1n) is 4.03. The van der Waals surface area contributed by atoms with Gasteiger partial charge in [-0.05, 0) is 14.0 Å². The van der Waals surface area contributed by atoms with E-state index in [9.17, 15) is 9.59 Å². The van der Waals surface area contributed by atoms with Crippen molar-refractivity contribution in [2.24, 2.45) is 5.92 Å². The number of hydrogen-bond acceptors (Lipinski definition) is 4. The molecule has 1 rings (SSSR count). The molecular formula is C8H13NO3. The van der Waals surface area contributed by atoms with Gasteiger partial charge in [-0.2, -0.15) is 0 Å². The van der Waals surface area contributed by atoms with Crippen LogP contribution in [0.25, 0.3) is 0 Å². The van der Waals surface area contributed by atoms with E-state index in [-0.39, 0.29) is 11.8 Å². The molecule has 0 N–H and O–H groups in total. The fourth-order valence-corrected chi connectivity index (χ4v) is 1.30. The average molecular weight is 171 g/mol. The lowest BCUT2D eigenvalue weighted by Crippen LogP contribution is -2.25. The topological polar surface area (TPSA) is 46.6 Å². The predicted molar refractivity (Wildman–Crippen MR) is 42.6 cm³/mol. The number of ether oxygens (including phenoxy) is 1. The molecule has 68 valence electrons.